The number of nitrogens with zero attached hydrogens (tertiary/aromatic N) is 2. The number of carbonyl (C=O) groups is 2. The smallest absolute Gasteiger partial charge is 0.248 e. The van der Waals surface area contributed by atoms with Crippen molar-refractivity contribution in [1.82, 2.24) is 0 Å². The van der Waals surface area contributed by atoms with Crippen LogP contribution < -0.4 is 0 Å². The zero-order valence-electron chi connectivity index (χ0n) is 7.57. The van der Waals surface area contributed by atoms with Gasteiger partial charge in [0.2, 0.25) is 0 Å². The third kappa shape index (κ3) is 24.6. The fourth-order valence-electron chi connectivity index (χ4n) is 0.172. The summed E-state index contributed by atoms with van der Waals surface area (Å²) in [4.78, 5) is 47.9. The lowest BCUT2D eigenvalue weighted by Crippen LogP contribution is -2.06. The second-order valence-corrected chi connectivity index (χ2v) is 1.68. The van der Waals surface area contributed by atoms with Gasteiger partial charge in [0.25, 0.3) is 0 Å². The monoisotopic (exact) mass is 226 g/mol. The normalized spacial score (nSPS) is 7.60. The number of hydrogen-bond acceptors (Lipinski definition) is 9. The molecular weight excluding hydrogens is 220 g/mol. The minimum absolute atomic E-state index is 0.639. The highest BCUT2D eigenvalue weighted by Crippen LogP contribution is 1.78. The molecule has 0 radical (unpaired) electrons. The highest BCUT2D eigenvalue weighted by Gasteiger charge is 2.05. The Kier molecular flexibility index (Phi) is 8.17. The molecule has 0 rings (SSSR count). The lowest BCUT2D eigenvalue weighted by molar-refractivity contribution is -1.03. The Labute approximate surface area is 81.6 Å². The number of rotatable bonds is 2. The van der Waals surface area contributed by atoms with Crippen LogP contribution in [0, 0.1) is 20.2 Å². The fourth-order valence-corrected chi connectivity index (χ4v) is 0.172. The summed E-state index contributed by atoms with van der Waals surface area (Å²) in [5.41, 5.74) is 0. The first kappa shape index (κ1) is 15.0. The number of carbonyl (C=O) groups excluding carboxylic acids is 2. The molecule has 86 valence electrons. The molecule has 0 atom stereocenters. The van der Waals surface area contributed by atoms with Crippen LogP contribution >= 0.6 is 0 Å². The molecule has 0 aliphatic carbocycles. The van der Waals surface area contributed by atoms with Gasteiger partial charge in [-0.2, -0.15) is 0 Å². The highest BCUT2D eigenvalue weighted by atomic mass is 17.2. The van der Waals surface area contributed by atoms with Crippen molar-refractivity contribution < 1.29 is 34.5 Å². The average molecular weight is 226 g/mol. The van der Waals surface area contributed by atoms with Gasteiger partial charge in [0, 0.05) is 18.8 Å². The maximum absolute atomic E-state index is 9.85. The molecule has 0 saturated heterocycles. The Morgan fingerprint density at radius 3 is 1.27 bits per heavy atom. The van der Waals surface area contributed by atoms with Crippen LogP contribution in [0.25, 0.3) is 0 Å². The van der Waals surface area contributed by atoms with Crippen LogP contribution in [0.4, 0.5) is 0 Å². The van der Waals surface area contributed by atoms with Crippen LogP contribution in [0.3, 0.4) is 0 Å². The van der Waals surface area contributed by atoms with Crippen LogP contribution in [-0.2, 0) is 24.3 Å². The zero-order valence-corrected chi connectivity index (χ0v) is 7.57. The third-order valence-corrected chi connectivity index (χ3v) is 0.410. The van der Waals surface area contributed by atoms with Crippen molar-refractivity contribution >= 4 is 11.9 Å². The first-order valence-corrected chi connectivity index (χ1v) is 3.08. The molecule has 15 heavy (non-hydrogen) atoms. The molecule has 0 amide bonds. The van der Waals surface area contributed by atoms with Gasteiger partial charge in [-0.05, 0) is 0 Å². The second kappa shape index (κ2) is 8.15. The van der Waals surface area contributed by atoms with Gasteiger partial charge in [-0.15, -0.1) is 20.2 Å². The van der Waals surface area contributed by atoms with Gasteiger partial charge in [-0.1, -0.05) is 0 Å². The predicted octanol–water partition coefficient (Wildman–Crippen LogP) is -0.586. The topological polar surface area (TPSA) is 148 Å². The van der Waals surface area contributed by atoms with Crippen molar-refractivity contribution in [2.45, 2.75) is 13.8 Å². The quantitative estimate of drug-likeness (QED) is 0.342. The Morgan fingerprint density at radius 2 is 1.20 bits per heavy atom. The van der Waals surface area contributed by atoms with E-state index in [9.17, 15) is 9.59 Å². The van der Waals surface area contributed by atoms with E-state index in [0.29, 0.717) is 0 Å². The Morgan fingerprint density at radius 1 is 0.933 bits per heavy atom. The maximum Gasteiger partial charge on any atom is 0.356 e. The van der Waals surface area contributed by atoms with Crippen molar-refractivity contribution in [1.29, 1.82) is 0 Å². The van der Waals surface area contributed by atoms with E-state index in [1.165, 1.54) is 0 Å². The van der Waals surface area contributed by atoms with Crippen molar-refractivity contribution in [3.05, 3.63) is 20.2 Å². The van der Waals surface area contributed by atoms with Gasteiger partial charge in [0.15, 0.2) is 0 Å². The minimum atomic E-state index is -1.50. The van der Waals surface area contributed by atoms with E-state index in [-0.39, 0.29) is 0 Å². The summed E-state index contributed by atoms with van der Waals surface area (Å²) in [6.45, 7) is 2.28. The molecule has 11 heteroatoms. The van der Waals surface area contributed by atoms with E-state index >= 15 is 0 Å². The maximum atomic E-state index is 9.85. The molecule has 0 aliphatic heterocycles. The van der Waals surface area contributed by atoms with E-state index in [0.717, 1.165) is 13.8 Å². The average Bonchev–Trinajstić information content (AvgIpc) is 1.99. The van der Waals surface area contributed by atoms with Crippen LogP contribution in [0.1, 0.15) is 13.8 Å². The SMILES string of the molecule is CC(=O)OOC(C)=O.O=[N+]([O-])O[N+](=O)[O-]. The van der Waals surface area contributed by atoms with Crippen LogP contribution in [0.2, 0.25) is 0 Å². The molecule has 0 fully saturated rings. The van der Waals surface area contributed by atoms with Gasteiger partial charge in [-0.3, -0.25) is 0 Å². The minimum Gasteiger partial charge on any atom is -0.248 e. The molecule has 0 aromatic carbocycles. The summed E-state index contributed by atoms with van der Waals surface area (Å²) in [5, 5.41) is 14.9. The van der Waals surface area contributed by atoms with Crippen molar-refractivity contribution in [3.8, 4) is 0 Å². The van der Waals surface area contributed by atoms with Crippen LogP contribution in [0.15, 0.2) is 0 Å². The van der Waals surface area contributed by atoms with Crippen LogP contribution in [-0.4, -0.2) is 22.1 Å². The molecule has 0 bridgehead atoms. The molecule has 0 N–H and O–H groups in total. The molecule has 11 nitrogen and oxygen atoms in total. The molecule has 0 aromatic rings. The van der Waals surface area contributed by atoms with Gasteiger partial charge < -0.3 is 0 Å². The summed E-state index contributed by atoms with van der Waals surface area (Å²) in [7, 11) is 0. The second-order valence-electron chi connectivity index (χ2n) is 1.68. The third-order valence-electron chi connectivity index (χ3n) is 0.410. The van der Waals surface area contributed by atoms with Gasteiger partial charge in [-0.25, -0.2) is 19.4 Å². The van der Waals surface area contributed by atoms with Gasteiger partial charge >= 0.3 is 22.1 Å². The summed E-state index contributed by atoms with van der Waals surface area (Å²) >= 11 is 0. The highest BCUT2D eigenvalue weighted by molar-refractivity contribution is 5.69. The largest absolute Gasteiger partial charge is 0.356 e. The first-order chi connectivity index (χ1) is 6.75. The van der Waals surface area contributed by atoms with Crippen LogP contribution in [0.5, 0.6) is 0 Å². The Hall–Kier alpha value is -2.46. The predicted molar refractivity (Wildman–Crippen MR) is 38.6 cm³/mol. The van der Waals surface area contributed by atoms with E-state index < -0.39 is 22.1 Å². The summed E-state index contributed by atoms with van der Waals surface area (Å²) < 4.78 is 0. The fraction of sp³-hybridized carbons (Fsp3) is 0.500. The summed E-state index contributed by atoms with van der Waals surface area (Å²) in [6.07, 6.45) is 0. The Balaban J connectivity index is 0. The molecule has 0 heterocycles. The molecule has 0 saturated carbocycles. The Bertz CT molecular complexity index is 235. The lowest BCUT2D eigenvalue weighted by atomic mass is 10.8. The lowest BCUT2D eigenvalue weighted by Gasteiger charge is -1.93. The molecule has 0 unspecified atom stereocenters. The van der Waals surface area contributed by atoms with Gasteiger partial charge in [0.05, 0.1) is 0 Å². The standard InChI is InChI=1S/C4H6O4.N2O5/c1-3(5)7-8-4(2)6;3-1(4)7-2(5)6/h1-2H3;. The van der Waals surface area contributed by atoms with Crippen molar-refractivity contribution in [2.75, 3.05) is 0 Å². The first-order valence-electron chi connectivity index (χ1n) is 3.08. The van der Waals surface area contributed by atoms with E-state index in [1.54, 1.807) is 0 Å². The van der Waals surface area contributed by atoms with E-state index in [2.05, 4.69) is 14.7 Å². The van der Waals surface area contributed by atoms with E-state index in [1.807, 2.05) is 0 Å². The number of hydrogen-bond donors (Lipinski definition) is 0. The molecule has 0 aliphatic rings. The van der Waals surface area contributed by atoms with Crippen molar-refractivity contribution in [2.24, 2.45) is 0 Å². The van der Waals surface area contributed by atoms with Gasteiger partial charge in [0.1, 0.15) is 0 Å². The summed E-state index contributed by atoms with van der Waals surface area (Å²) in [5.74, 6) is -1.28. The van der Waals surface area contributed by atoms with Crippen molar-refractivity contribution in [3.63, 3.8) is 0 Å². The molecule has 0 spiro atoms. The van der Waals surface area contributed by atoms with E-state index in [4.69, 9.17) is 20.2 Å². The molecule has 0 aromatic heterocycles. The summed E-state index contributed by atoms with van der Waals surface area (Å²) in [6, 6.07) is 0. The molecular formula is C4H6N2O9. The zero-order chi connectivity index (χ0) is 12.4.